The van der Waals surface area contributed by atoms with E-state index >= 15 is 0 Å². The van der Waals surface area contributed by atoms with E-state index in [1.165, 1.54) is 10.4 Å². The molecule has 38 valence electrons. The second-order valence-electron chi connectivity index (χ2n) is 1.32. The highest BCUT2D eigenvalue weighted by Gasteiger charge is 2.07. The van der Waals surface area contributed by atoms with Crippen molar-refractivity contribution in [2.24, 2.45) is 0 Å². The summed E-state index contributed by atoms with van der Waals surface area (Å²) in [6.07, 6.45) is 3.28. The average molecular weight is 115 g/mol. The van der Waals surface area contributed by atoms with Gasteiger partial charge in [-0.1, -0.05) is 18.9 Å². The van der Waals surface area contributed by atoms with Crippen molar-refractivity contribution in [3.63, 3.8) is 0 Å². The van der Waals surface area contributed by atoms with Crippen LogP contribution in [0.4, 0.5) is 0 Å². The molecule has 0 N–H and O–H groups in total. The van der Waals surface area contributed by atoms with E-state index in [9.17, 15) is 4.79 Å². The zero-order chi connectivity index (χ0) is 5.28. The van der Waals surface area contributed by atoms with Crippen LogP contribution in [0.2, 0.25) is 0 Å². The number of amides is 1. The predicted octanol–water partition coefficient (Wildman–Crippen LogP) is 0.230. The van der Waals surface area contributed by atoms with Crippen molar-refractivity contribution >= 4 is 18.7 Å². The van der Waals surface area contributed by atoms with Crippen LogP contribution < -0.4 is 0 Å². The number of hydrogen-bond donors (Lipinski definition) is 1. The molecule has 7 heavy (non-hydrogen) atoms. The Kier molecular flexibility index (Phi) is 1.06. The molecule has 1 heterocycles. The summed E-state index contributed by atoms with van der Waals surface area (Å²) in [4.78, 5) is 10.3. The minimum atomic E-state index is -0.0247. The number of hydrogen-bond acceptors (Lipinski definition) is 2. The van der Waals surface area contributed by atoms with E-state index in [0.29, 0.717) is 6.54 Å². The Bertz CT molecular complexity index is 121. The Balaban J connectivity index is 2.62. The first-order chi connectivity index (χ1) is 3.30. The largest absolute Gasteiger partial charge is 0.282 e. The molecule has 1 aliphatic heterocycles. The monoisotopic (exact) mass is 115 g/mol. The molecule has 3 heteroatoms. The molecule has 0 saturated carbocycles. The van der Waals surface area contributed by atoms with Crippen molar-refractivity contribution in [1.82, 2.24) is 4.31 Å². The van der Waals surface area contributed by atoms with Gasteiger partial charge < -0.3 is 0 Å². The third kappa shape index (κ3) is 0.771. The quantitative estimate of drug-likeness (QED) is 0.448. The Morgan fingerprint density at radius 2 is 2.57 bits per heavy atom. The lowest BCUT2D eigenvalue weighted by Crippen LogP contribution is -2.12. The van der Waals surface area contributed by atoms with Crippen molar-refractivity contribution in [3.8, 4) is 0 Å². The van der Waals surface area contributed by atoms with Gasteiger partial charge >= 0.3 is 0 Å². The van der Waals surface area contributed by atoms with Crippen molar-refractivity contribution in [1.29, 1.82) is 0 Å². The maximum atomic E-state index is 10.3. The van der Waals surface area contributed by atoms with Gasteiger partial charge in [0.15, 0.2) is 0 Å². The number of carbonyl (C=O) groups excluding carboxylic acids is 1. The summed E-state index contributed by atoms with van der Waals surface area (Å²) in [6, 6.07) is 0. The fourth-order valence-electron chi connectivity index (χ4n) is 0.429. The molecule has 0 atom stereocenters. The molecular weight excluding hydrogens is 110 g/mol. The van der Waals surface area contributed by atoms with Crippen LogP contribution in [0.5, 0.6) is 0 Å². The maximum Gasteiger partial charge on any atom is 0.256 e. The number of nitrogens with zero attached hydrogens (tertiary/aromatic N) is 1. The van der Waals surface area contributed by atoms with Gasteiger partial charge in [-0.3, -0.25) is 9.10 Å². The minimum Gasteiger partial charge on any atom is -0.282 e. The van der Waals surface area contributed by atoms with E-state index in [4.69, 9.17) is 0 Å². The third-order valence-corrected chi connectivity index (χ3v) is 1.15. The first-order valence-corrected chi connectivity index (χ1v) is 2.37. The van der Waals surface area contributed by atoms with Gasteiger partial charge in [0.2, 0.25) is 0 Å². The second-order valence-corrected chi connectivity index (χ2v) is 1.81. The SMILES string of the molecule is O=C1C=CCN1S. The van der Waals surface area contributed by atoms with Crippen molar-refractivity contribution in [3.05, 3.63) is 12.2 Å². The number of thiol groups is 1. The normalized spacial score (nSPS) is 19.0. The van der Waals surface area contributed by atoms with E-state index in [1.54, 1.807) is 6.08 Å². The highest BCUT2D eigenvalue weighted by Crippen LogP contribution is 2.01. The van der Waals surface area contributed by atoms with Gasteiger partial charge in [-0.2, -0.15) is 0 Å². The lowest BCUT2D eigenvalue weighted by Gasteiger charge is -2.01. The molecule has 1 rings (SSSR count). The molecule has 0 aliphatic carbocycles. The minimum absolute atomic E-state index is 0.0247. The summed E-state index contributed by atoms with van der Waals surface area (Å²) < 4.78 is 1.35. The summed E-state index contributed by atoms with van der Waals surface area (Å²) in [5, 5.41) is 0. The Morgan fingerprint density at radius 3 is 2.71 bits per heavy atom. The lowest BCUT2D eigenvalue weighted by molar-refractivity contribution is -0.120. The molecule has 0 bridgehead atoms. The van der Waals surface area contributed by atoms with Crippen LogP contribution in [0, 0.1) is 0 Å². The fraction of sp³-hybridized carbons (Fsp3) is 0.250. The highest BCUT2D eigenvalue weighted by atomic mass is 32.1. The smallest absolute Gasteiger partial charge is 0.256 e. The van der Waals surface area contributed by atoms with Gasteiger partial charge in [0, 0.05) is 6.08 Å². The zero-order valence-corrected chi connectivity index (χ0v) is 4.56. The van der Waals surface area contributed by atoms with E-state index in [-0.39, 0.29) is 5.91 Å². The van der Waals surface area contributed by atoms with Crippen LogP contribution in [-0.2, 0) is 4.79 Å². The van der Waals surface area contributed by atoms with Crippen LogP contribution in [0.25, 0.3) is 0 Å². The molecule has 1 aliphatic rings. The van der Waals surface area contributed by atoms with Crippen LogP contribution in [-0.4, -0.2) is 16.8 Å². The third-order valence-electron chi connectivity index (χ3n) is 0.793. The van der Waals surface area contributed by atoms with Gasteiger partial charge in [0.25, 0.3) is 5.91 Å². The Labute approximate surface area is 47.4 Å². The zero-order valence-electron chi connectivity index (χ0n) is 3.66. The van der Waals surface area contributed by atoms with Crippen LogP contribution in [0.1, 0.15) is 0 Å². The van der Waals surface area contributed by atoms with Crippen molar-refractivity contribution in [2.45, 2.75) is 0 Å². The number of rotatable bonds is 0. The summed E-state index contributed by atoms with van der Waals surface area (Å²) in [7, 11) is 0. The van der Waals surface area contributed by atoms with Crippen LogP contribution in [0.3, 0.4) is 0 Å². The van der Waals surface area contributed by atoms with E-state index in [0.717, 1.165) is 0 Å². The van der Waals surface area contributed by atoms with E-state index in [1.807, 2.05) is 0 Å². The van der Waals surface area contributed by atoms with Crippen LogP contribution >= 0.6 is 12.8 Å². The first kappa shape index (κ1) is 4.71. The average Bonchev–Trinajstić information content (AvgIpc) is 1.91. The fourth-order valence-corrected chi connectivity index (χ4v) is 0.590. The van der Waals surface area contributed by atoms with Crippen molar-refractivity contribution in [2.75, 3.05) is 6.54 Å². The van der Waals surface area contributed by atoms with Gasteiger partial charge in [-0.15, -0.1) is 0 Å². The standard InChI is InChI=1S/C4H5NOS/c6-4-2-1-3-5(4)7/h1-2,7H,3H2. The number of carbonyl (C=O) groups is 1. The van der Waals surface area contributed by atoms with E-state index < -0.39 is 0 Å². The van der Waals surface area contributed by atoms with Crippen LogP contribution in [0.15, 0.2) is 12.2 Å². The molecule has 0 spiro atoms. The molecule has 1 amide bonds. The Morgan fingerprint density at radius 1 is 1.86 bits per heavy atom. The van der Waals surface area contributed by atoms with Gasteiger partial charge in [0.05, 0.1) is 6.54 Å². The van der Waals surface area contributed by atoms with Gasteiger partial charge in [-0.05, 0) is 0 Å². The molecule has 0 aromatic carbocycles. The highest BCUT2D eigenvalue weighted by molar-refractivity contribution is 7.78. The maximum absolute atomic E-state index is 10.3. The van der Waals surface area contributed by atoms with Crippen molar-refractivity contribution < 1.29 is 4.79 Å². The molecule has 0 radical (unpaired) electrons. The van der Waals surface area contributed by atoms with Gasteiger partial charge in [0.1, 0.15) is 0 Å². The summed E-state index contributed by atoms with van der Waals surface area (Å²) in [5.74, 6) is -0.0247. The molecular formula is C4H5NOS. The molecule has 0 unspecified atom stereocenters. The summed E-state index contributed by atoms with van der Waals surface area (Å²) in [5.41, 5.74) is 0. The lowest BCUT2D eigenvalue weighted by atomic mass is 10.6. The summed E-state index contributed by atoms with van der Waals surface area (Å²) in [6.45, 7) is 0.641. The molecule has 0 aromatic rings. The molecule has 2 nitrogen and oxygen atoms in total. The molecule has 0 aromatic heterocycles. The molecule has 0 fully saturated rings. The Hall–Kier alpha value is -0.440. The van der Waals surface area contributed by atoms with Gasteiger partial charge in [-0.25, -0.2) is 0 Å². The topological polar surface area (TPSA) is 20.3 Å². The molecule has 0 saturated heterocycles. The van der Waals surface area contributed by atoms with E-state index in [2.05, 4.69) is 12.8 Å². The first-order valence-electron chi connectivity index (χ1n) is 1.97. The second kappa shape index (κ2) is 1.58. The summed E-state index contributed by atoms with van der Waals surface area (Å²) >= 11 is 3.81. The predicted molar refractivity (Wildman–Crippen MR) is 29.8 cm³/mol.